The first-order chi connectivity index (χ1) is 6.58. The molecule has 1 heterocycles. The molecule has 1 aromatic heterocycles. The van der Waals surface area contributed by atoms with Crippen LogP contribution in [-0.2, 0) is 0 Å². The van der Waals surface area contributed by atoms with Crippen LogP contribution >= 0.6 is 39.1 Å². The van der Waals surface area contributed by atoms with Crippen LogP contribution in [0.5, 0.6) is 0 Å². The molecule has 72 valence electrons. The monoisotopic (exact) mass is 290 g/mol. The third-order valence-corrected chi connectivity index (χ3v) is 2.94. The number of benzene rings is 1. The van der Waals surface area contributed by atoms with E-state index in [9.17, 15) is 0 Å². The molecule has 0 unspecified atom stereocenters. The van der Waals surface area contributed by atoms with Crippen LogP contribution in [0.15, 0.2) is 22.7 Å². The first-order valence-electron chi connectivity index (χ1n) is 3.78. The molecule has 2 N–H and O–H groups in total. The summed E-state index contributed by atoms with van der Waals surface area (Å²) in [7, 11) is 0. The molecular weight excluding hydrogens is 287 g/mol. The van der Waals surface area contributed by atoms with Crippen LogP contribution in [0.2, 0.25) is 10.2 Å². The second-order valence-corrected chi connectivity index (χ2v) is 4.48. The lowest BCUT2D eigenvalue weighted by atomic mass is 10.2. The van der Waals surface area contributed by atoms with Crippen LogP contribution < -0.4 is 5.73 Å². The summed E-state index contributed by atoms with van der Waals surface area (Å²) >= 11 is 15.1. The van der Waals surface area contributed by atoms with Crippen LogP contribution in [0.4, 0.5) is 5.69 Å². The van der Waals surface area contributed by atoms with Gasteiger partial charge < -0.3 is 5.73 Å². The molecule has 0 spiro atoms. The van der Waals surface area contributed by atoms with E-state index in [1.54, 1.807) is 18.2 Å². The number of pyridine rings is 1. The van der Waals surface area contributed by atoms with Crippen LogP contribution in [-0.4, -0.2) is 4.98 Å². The van der Waals surface area contributed by atoms with Crippen LogP contribution in [0.25, 0.3) is 10.9 Å². The molecule has 2 nitrogen and oxygen atoms in total. The van der Waals surface area contributed by atoms with Crippen LogP contribution in [0.3, 0.4) is 0 Å². The van der Waals surface area contributed by atoms with E-state index in [-0.39, 0.29) is 0 Å². The van der Waals surface area contributed by atoms with E-state index in [0.717, 1.165) is 15.4 Å². The molecule has 2 rings (SSSR count). The zero-order chi connectivity index (χ0) is 10.3. The van der Waals surface area contributed by atoms with Crippen molar-refractivity contribution in [1.29, 1.82) is 0 Å². The minimum absolute atomic E-state index is 0.306. The summed E-state index contributed by atoms with van der Waals surface area (Å²) in [5.74, 6) is 0. The zero-order valence-electron chi connectivity index (χ0n) is 6.89. The quantitative estimate of drug-likeness (QED) is 0.748. The van der Waals surface area contributed by atoms with Crippen molar-refractivity contribution in [3.05, 3.63) is 32.8 Å². The lowest BCUT2D eigenvalue weighted by Crippen LogP contribution is -1.90. The standard InChI is InChI=1S/C9H5BrCl2N2/c10-6-3-5(11)1-4-2-7(13)9(12)14-8(4)6/h1-3H,13H2. The minimum Gasteiger partial charge on any atom is -0.396 e. The fraction of sp³-hybridized carbons (Fsp3) is 0. The van der Waals surface area contributed by atoms with Gasteiger partial charge in [0.05, 0.1) is 11.2 Å². The third-order valence-electron chi connectivity index (χ3n) is 1.82. The minimum atomic E-state index is 0.306. The Morgan fingerprint density at radius 1 is 1.21 bits per heavy atom. The molecule has 0 bridgehead atoms. The number of aromatic nitrogens is 1. The number of halogens is 3. The number of nitrogens with two attached hydrogens (primary N) is 1. The Morgan fingerprint density at radius 3 is 2.64 bits per heavy atom. The highest BCUT2D eigenvalue weighted by Gasteiger charge is 2.06. The third kappa shape index (κ3) is 1.67. The number of rotatable bonds is 0. The predicted octanol–water partition coefficient (Wildman–Crippen LogP) is 3.89. The van der Waals surface area contributed by atoms with Gasteiger partial charge in [0.2, 0.25) is 0 Å². The molecule has 0 radical (unpaired) electrons. The van der Waals surface area contributed by atoms with Crippen molar-refractivity contribution >= 4 is 55.7 Å². The van der Waals surface area contributed by atoms with E-state index in [1.165, 1.54) is 0 Å². The van der Waals surface area contributed by atoms with Crippen LogP contribution in [0.1, 0.15) is 0 Å². The molecular formula is C9H5BrCl2N2. The van der Waals surface area contributed by atoms with Gasteiger partial charge in [-0.2, -0.15) is 0 Å². The molecule has 5 heteroatoms. The number of nitrogen functional groups attached to an aromatic ring is 1. The number of hydrogen-bond acceptors (Lipinski definition) is 2. The number of nitrogens with zero attached hydrogens (tertiary/aromatic N) is 1. The van der Waals surface area contributed by atoms with Crippen molar-refractivity contribution < 1.29 is 0 Å². The average Bonchev–Trinajstić information content (AvgIpc) is 2.08. The van der Waals surface area contributed by atoms with E-state index in [1.807, 2.05) is 0 Å². The van der Waals surface area contributed by atoms with Gasteiger partial charge in [0, 0.05) is 14.9 Å². The molecule has 0 amide bonds. The van der Waals surface area contributed by atoms with Gasteiger partial charge in [0.1, 0.15) is 0 Å². The van der Waals surface area contributed by atoms with Gasteiger partial charge >= 0.3 is 0 Å². The van der Waals surface area contributed by atoms with Gasteiger partial charge in [-0.15, -0.1) is 0 Å². The maximum absolute atomic E-state index is 5.88. The van der Waals surface area contributed by atoms with E-state index in [2.05, 4.69) is 20.9 Å². The van der Waals surface area contributed by atoms with Crippen molar-refractivity contribution in [1.82, 2.24) is 4.98 Å². The normalized spacial score (nSPS) is 10.8. The Kier molecular flexibility index (Phi) is 2.56. The zero-order valence-corrected chi connectivity index (χ0v) is 9.99. The van der Waals surface area contributed by atoms with Crippen molar-refractivity contribution in [2.24, 2.45) is 0 Å². The molecule has 0 fully saturated rings. The van der Waals surface area contributed by atoms with E-state index in [0.29, 0.717) is 15.9 Å². The van der Waals surface area contributed by atoms with E-state index in [4.69, 9.17) is 28.9 Å². The lowest BCUT2D eigenvalue weighted by molar-refractivity contribution is 1.40. The first-order valence-corrected chi connectivity index (χ1v) is 5.33. The average molecular weight is 292 g/mol. The highest BCUT2D eigenvalue weighted by molar-refractivity contribution is 9.10. The predicted molar refractivity (Wildman–Crippen MR) is 63.9 cm³/mol. The molecule has 0 aliphatic carbocycles. The highest BCUT2D eigenvalue weighted by Crippen LogP contribution is 2.30. The van der Waals surface area contributed by atoms with Gasteiger partial charge in [-0.3, -0.25) is 0 Å². The Morgan fingerprint density at radius 2 is 1.93 bits per heavy atom. The molecule has 14 heavy (non-hydrogen) atoms. The summed E-state index contributed by atoms with van der Waals surface area (Å²) in [5.41, 5.74) is 6.84. The second-order valence-electron chi connectivity index (χ2n) is 2.83. The molecule has 0 saturated carbocycles. The van der Waals surface area contributed by atoms with Crippen molar-refractivity contribution in [3.63, 3.8) is 0 Å². The molecule has 1 aromatic carbocycles. The van der Waals surface area contributed by atoms with Gasteiger partial charge in [-0.25, -0.2) is 4.98 Å². The van der Waals surface area contributed by atoms with Gasteiger partial charge in [0.15, 0.2) is 5.15 Å². The fourth-order valence-corrected chi connectivity index (χ4v) is 2.27. The Bertz CT molecular complexity index is 514. The summed E-state index contributed by atoms with van der Waals surface area (Å²) in [6.45, 7) is 0. The number of hydrogen-bond donors (Lipinski definition) is 1. The molecule has 0 aliphatic heterocycles. The first kappa shape index (κ1) is 10.0. The van der Waals surface area contributed by atoms with Gasteiger partial charge in [0.25, 0.3) is 0 Å². The molecule has 0 aliphatic rings. The van der Waals surface area contributed by atoms with Crippen LogP contribution in [0, 0.1) is 0 Å². The fourth-order valence-electron chi connectivity index (χ4n) is 1.20. The Labute approximate surface area is 99.1 Å². The summed E-state index contributed by atoms with van der Waals surface area (Å²) < 4.78 is 0.807. The van der Waals surface area contributed by atoms with Gasteiger partial charge in [-0.05, 0) is 34.1 Å². The highest BCUT2D eigenvalue weighted by atomic mass is 79.9. The van der Waals surface area contributed by atoms with E-state index < -0.39 is 0 Å². The van der Waals surface area contributed by atoms with Crippen molar-refractivity contribution in [2.75, 3.05) is 5.73 Å². The molecule has 0 saturated heterocycles. The van der Waals surface area contributed by atoms with Crippen molar-refractivity contribution in [3.8, 4) is 0 Å². The maximum atomic E-state index is 5.88. The molecule has 0 atom stereocenters. The molecule has 2 aromatic rings. The largest absolute Gasteiger partial charge is 0.396 e. The number of anilines is 1. The van der Waals surface area contributed by atoms with Crippen molar-refractivity contribution in [2.45, 2.75) is 0 Å². The smallest absolute Gasteiger partial charge is 0.152 e. The Balaban J connectivity index is 2.89. The summed E-state index contributed by atoms with van der Waals surface area (Å²) in [6, 6.07) is 5.31. The SMILES string of the molecule is Nc1cc2cc(Cl)cc(Br)c2nc1Cl. The maximum Gasteiger partial charge on any atom is 0.152 e. The lowest BCUT2D eigenvalue weighted by Gasteiger charge is -2.03. The second kappa shape index (κ2) is 3.57. The topological polar surface area (TPSA) is 38.9 Å². The van der Waals surface area contributed by atoms with Gasteiger partial charge in [-0.1, -0.05) is 23.2 Å². The van der Waals surface area contributed by atoms with E-state index >= 15 is 0 Å². The summed E-state index contributed by atoms with van der Waals surface area (Å²) in [6.07, 6.45) is 0. The number of fused-ring (bicyclic) bond motifs is 1. The Hall–Kier alpha value is -0.510. The summed E-state index contributed by atoms with van der Waals surface area (Å²) in [4.78, 5) is 4.15. The summed E-state index contributed by atoms with van der Waals surface area (Å²) in [5, 5.41) is 1.81.